The first-order valence-electron chi connectivity index (χ1n) is 5.11. The molecule has 1 aliphatic carbocycles. The summed E-state index contributed by atoms with van der Waals surface area (Å²) in [5.74, 6) is -0.601. The lowest BCUT2D eigenvalue weighted by Crippen LogP contribution is -2.38. The molecule has 0 bridgehead atoms. The van der Waals surface area contributed by atoms with Crippen molar-refractivity contribution in [2.24, 2.45) is 0 Å². The van der Waals surface area contributed by atoms with E-state index in [4.69, 9.17) is 0 Å². The molecule has 14 heavy (non-hydrogen) atoms. The fourth-order valence-corrected chi connectivity index (χ4v) is 1.68. The van der Waals surface area contributed by atoms with Crippen molar-refractivity contribution in [2.75, 3.05) is 6.61 Å². The minimum absolute atomic E-state index is 0.147. The number of carbonyl (C=O) groups excluding carboxylic acids is 2. The summed E-state index contributed by atoms with van der Waals surface area (Å²) >= 11 is 0. The predicted molar refractivity (Wildman–Crippen MR) is 51.6 cm³/mol. The van der Waals surface area contributed by atoms with Gasteiger partial charge >= 0.3 is 5.97 Å². The molecule has 0 aromatic carbocycles. The number of esters is 1. The lowest BCUT2D eigenvalue weighted by molar-refractivity contribution is -0.146. The van der Waals surface area contributed by atoms with Gasteiger partial charge in [-0.25, -0.2) is 0 Å². The van der Waals surface area contributed by atoms with Crippen LogP contribution in [0.2, 0.25) is 0 Å². The second-order valence-electron chi connectivity index (χ2n) is 3.68. The van der Waals surface area contributed by atoms with Gasteiger partial charge in [-0.2, -0.15) is 0 Å². The molecule has 0 aliphatic heterocycles. The number of rotatable bonds is 3. The molecule has 4 nitrogen and oxygen atoms in total. The van der Waals surface area contributed by atoms with E-state index in [-0.39, 0.29) is 18.6 Å². The van der Waals surface area contributed by atoms with Crippen LogP contribution in [0.15, 0.2) is 0 Å². The first kappa shape index (κ1) is 11.0. The van der Waals surface area contributed by atoms with Gasteiger partial charge in [-0.1, -0.05) is 19.3 Å². The Hall–Kier alpha value is -1.06. The third-order valence-corrected chi connectivity index (χ3v) is 2.38. The first-order chi connectivity index (χ1) is 6.68. The number of ether oxygens (including phenoxy) is 1. The Bertz CT molecular complexity index is 209. The normalized spacial score (nSPS) is 17.5. The third-order valence-electron chi connectivity index (χ3n) is 2.38. The lowest BCUT2D eigenvalue weighted by atomic mass is 9.95. The summed E-state index contributed by atoms with van der Waals surface area (Å²) in [5, 5.41) is 2.86. The van der Waals surface area contributed by atoms with Gasteiger partial charge in [0.1, 0.15) is 0 Å². The second kappa shape index (κ2) is 5.62. The van der Waals surface area contributed by atoms with Gasteiger partial charge in [0.15, 0.2) is 6.61 Å². The summed E-state index contributed by atoms with van der Waals surface area (Å²) in [6.45, 7) is 1.15. The van der Waals surface area contributed by atoms with Crippen LogP contribution < -0.4 is 5.32 Å². The standard InChI is InChI=1S/C10H17NO3/c1-8(12)14-7-10(13)11-9-5-3-2-4-6-9/h9H,2-7H2,1H3,(H,11,13). The minimum Gasteiger partial charge on any atom is -0.456 e. The van der Waals surface area contributed by atoms with Gasteiger partial charge < -0.3 is 10.1 Å². The van der Waals surface area contributed by atoms with Crippen LogP contribution in [0.3, 0.4) is 0 Å². The Kier molecular flexibility index (Phi) is 4.43. The maximum Gasteiger partial charge on any atom is 0.303 e. The summed E-state index contributed by atoms with van der Waals surface area (Å²) in [6, 6.07) is 0.284. The predicted octanol–water partition coefficient (Wildman–Crippen LogP) is 0.998. The second-order valence-corrected chi connectivity index (χ2v) is 3.68. The van der Waals surface area contributed by atoms with Crippen molar-refractivity contribution in [3.8, 4) is 0 Å². The van der Waals surface area contributed by atoms with Crippen LogP contribution in [0.5, 0.6) is 0 Å². The quantitative estimate of drug-likeness (QED) is 0.690. The van der Waals surface area contributed by atoms with Crippen LogP contribution in [-0.4, -0.2) is 24.5 Å². The smallest absolute Gasteiger partial charge is 0.303 e. The molecule has 0 radical (unpaired) electrons. The van der Waals surface area contributed by atoms with E-state index >= 15 is 0 Å². The summed E-state index contributed by atoms with van der Waals surface area (Å²) in [5.41, 5.74) is 0. The highest BCUT2D eigenvalue weighted by Gasteiger charge is 2.15. The van der Waals surface area contributed by atoms with E-state index in [1.165, 1.54) is 26.2 Å². The Balaban J connectivity index is 2.15. The summed E-state index contributed by atoms with van der Waals surface area (Å²) in [4.78, 5) is 21.7. The Labute approximate surface area is 84.0 Å². The van der Waals surface area contributed by atoms with E-state index in [1.54, 1.807) is 0 Å². The third kappa shape index (κ3) is 4.25. The van der Waals surface area contributed by atoms with Crippen molar-refractivity contribution >= 4 is 11.9 Å². The van der Waals surface area contributed by atoms with Gasteiger partial charge in [0, 0.05) is 13.0 Å². The van der Waals surface area contributed by atoms with Crippen molar-refractivity contribution < 1.29 is 14.3 Å². The fourth-order valence-electron chi connectivity index (χ4n) is 1.68. The number of carbonyl (C=O) groups is 2. The zero-order valence-electron chi connectivity index (χ0n) is 8.54. The van der Waals surface area contributed by atoms with Crippen molar-refractivity contribution in [1.82, 2.24) is 5.32 Å². The van der Waals surface area contributed by atoms with Gasteiger partial charge in [0.2, 0.25) is 0 Å². The Morgan fingerprint density at radius 2 is 1.93 bits per heavy atom. The molecule has 80 valence electrons. The summed E-state index contributed by atoms with van der Waals surface area (Å²) < 4.78 is 4.59. The summed E-state index contributed by atoms with van der Waals surface area (Å²) in [7, 11) is 0. The van der Waals surface area contributed by atoms with Crippen LogP contribution in [-0.2, 0) is 14.3 Å². The molecular formula is C10H17NO3. The zero-order valence-corrected chi connectivity index (χ0v) is 8.54. The molecule has 0 saturated heterocycles. The molecule has 0 heterocycles. The highest BCUT2D eigenvalue weighted by Crippen LogP contribution is 2.17. The van der Waals surface area contributed by atoms with Crippen molar-refractivity contribution in [1.29, 1.82) is 0 Å². The Morgan fingerprint density at radius 1 is 1.29 bits per heavy atom. The van der Waals surface area contributed by atoms with Crippen LogP contribution >= 0.6 is 0 Å². The fraction of sp³-hybridized carbons (Fsp3) is 0.800. The van der Waals surface area contributed by atoms with Gasteiger partial charge in [-0.15, -0.1) is 0 Å². The van der Waals surface area contributed by atoms with Gasteiger partial charge in [-0.05, 0) is 12.8 Å². The van der Waals surface area contributed by atoms with E-state index in [1.807, 2.05) is 0 Å². The molecule has 0 unspecified atom stereocenters. The SMILES string of the molecule is CC(=O)OCC(=O)NC1CCCCC1. The van der Waals surface area contributed by atoms with Crippen LogP contribution in [0, 0.1) is 0 Å². The van der Waals surface area contributed by atoms with E-state index < -0.39 is 5.97 Å². The average Bonchev–Trinajstić information content (AvgIpc) is 2.16. The molecule has 1 amide bonds. The molecule has 1 rings (SSSR count). The van der Waals surface area contributed by atoms with E-state index in [0.717, 1.165) is 12.8 Å². The zero-order chi connectivity index (χ0) is 10.4. The largest absolute Gasteiger partial charge is 0.456 e. The topological polar surface area (TPSA) is 55.4 Å². The first-order valence-corrected chi connectivity index (χ1v) is 5.11. The van der Waals surface area contributed by atoms with Crippen molar-refractivity contribution in [3.63, 3.8) is 0 Å². The highest BCUT2D eigenvalue weighted by atomic mass is 16.5. The maximum atomic E-state index is 11.2. The van der Waals surface area contributed by atoms with E-state index in [9.17, 15) is 9.59 Å². The van der Waals surface area contributed by atoms with E-state index in [0.29, 0.717) is 0 Å². The average molecular weight is 199 g/mol. The molecule has 1 aliphatic rings. The number of amides is 1. The Morgan fingerprint density at radius 3 is 2.50 bits per heavy atom. The molecule has 0 atom stereocenters. The summed E-state index contributed by atoms with van der Waals surface area (Å²) in [6.07, 6.45) is 5.71. The van der Waals surface area contributed by atoms with Crippen LogP contribution in [0.1, 0.15) is 39.0 Å². The van der Waals surface area contributed by atoms with Gasteiger partial charge in [-0.3, -0.25) is 9.59 Å². The molecule has 4 heteroatoms. The monoisotopic (exact) mass is 199 g/mol. The van der Waals surface area contributed by atoms with E-state index in [2.05, 4.69) is 10.1 Å². The molecule has 0 aromatic rings. The molecule has 1 fully saturated rings. The number of nitrogens with one attached hydrogen (secondary N) is 1. The maximum absolute atomic E-state index is 11.2. The van der Waals surface area contributed by atoms with Crippen LogP contribution in [0.25, 0.3) is 0 Å². The van der Waals surface area contributed by atoms with Crippen LogP contribution in [0.4, 0.5) is 0 Å². The van der Waals surface area contributed by atoms with Gasteiger partial charge in [0.05, 0.1) is 0 Å². The lowest BCUT2D eigenvalue weighted by Gasteiger charge is -2.22. The number of hydrogen-bond acceptors (Lipinski definition) is 3. The number of hydrogen-bond donors (Lipinski definition) is 1. The molecule has 0 aromatic heterocycles. The molecule has 0 spiro atoms. The highest BCUT2D eigenvalue weighted by molar-refractivity contribution is 5.80. The molecular weight excluding hydrogens is 182 g/mol. The molecule has 1 saturated carbocycles. The van der Waals surface area contributed by atoms with Crippen molar-refractivity contribution in [3.05, 3.63) is 0 Å². The minimum atomic E-state index is -0.413. The van der Waals surface area contributed by atoms with Gasteiger partial charge in [0.25, 0.3) is 5.91 Å². The van der Waals surface area contributed by atoms with Crippen molar-refractivity contribution in [2.45, 2.75) is 45.1 Å². The molecule has 1 N–H and O–H groups in total.